The molecule has 1 aliphatic carbocycles. The number of hydrogen-bond donors (Lipinski definition) is 1. The zero-order chi connectivity index (χ0) is 18.3. The average Bonchev–Trinajstić information content (AvgIpc) is 2.60. The Morgan fingerprint density at radius 3 is 2.72 bits per heavy atom. The predicted molar refractivity (Wildman–Crippen MR) is 98.4 cm³/mol. The molecule has 1 saturated carbocycles. The molecule has 1 amide bonds. The van der Waals surface area contributed by atoms with Crippen molar-refractivity contribution in [3.63, 3.8) is 0 Å². The highest BCUT2D eigenvalue weighted by molar-refractivity contribution is 9.10. The molecule has 0 radical (unpaired) electrons. The summed E-state index contributed by atoms with van der Waals surface area (Å²) in [5.74, 6) is -1.04. The maximum atomic E-state index is 12.0. The quantitative estimate of drug-likeness (QED) is 0.599. The topological polar surface area (TPSA) is 79.2 Å². The van der Waals surface area contributed by atoms with Crippen molar-refractivity contribution in [1.82, 2.24) is 5.32 Å². The number of hydrogen-bond acceptors (Lipinski definition) is 4. The minimum Gasteiger partial charge on any atom is -0.452 e. The molecular weight excluding hydrogens is 384 g/mol. The van der Waals surface area contributed by atoms with Crippen molar-refractivity contribution in [2.45, 2.75) is 44.6 Å². The number of esters is 1. The van der Waals surface area contributed by atoms with Crippen molar-refractivity contribution in [1.29, 1.82) is 5.26 Å². The van der Waals surface area contributed by atoms with Gasteiger partial charge in [0.25, 0.3) is 5.91 Å². The highest BCUT2D eigenvalue weighted by atomic mass is 79.9. The van der Waals surface area contributed by atoms with Crippen molar-refractivity contribution in [3.05, 3.63) is 39.9 Å². The van der Waals surface area contributed by atoms with E-state index < -0.39 is 17.4 Å². The lowest BCUT2D eigenvalue weighted by Crippen LogP contribution is -2.49. The molecule has 1 aromatic rings. The SMILES string of the molecule is Cc1ccc(/C=C/C(=O)OCC(=O)NC2(C#N)CCCCC2)c(Br)c1. The highest BCUT2D eigenvalue weighted by Gasteiger charge is 2.33. The summed E-state index contributed by atoms with van der Waals surface area (Å²) in [6.07, 6.45) is 7.11. The number of aryl methyl sites for hydroxylation is 1. The van der Waals surface area contributed by atoms with Crippen LogP contribution in [0.4, 0.5) is 0 Å². The maximum absolute atomic E-state index is 12.0. The molecule has 1 aromatic carbocycles. The van der Waals surface area contributed by atoms with Crippen LogP contribution in [0.1, 0.15) is 43.2 Å². The second-order valence-electron chi connectivity index (χ2n) is 6.27. The first-order chi connectivity index (χ1) is 11.9. The minimum absolute atomic E-state index is 0.387. The zero-order valence-electron chi connectivity index (χ0n) is 14.2. The molecule has 2 rings (SSSR count). The summed E-state index contributed by atoms with van der Waals surface area (Å²) in [4.78, 5) is 23.7. The summed E-state index contributed by atoms with van der Waals surface area (Å²) in [6, 6.07) is 7.97. The number of amides is 1. The molecule has 6 heteroatoms. The Bertz CT molecular complexity index is 716. The van der Waals surface area contributed by atoms with E-state index in [1.165, 1.54) is 6.08 Å². The van der Waals surface area contributed by atoms with Crippen molar-refractivity contribution in [3.8, 4) is 6.07 Å². The maximum Gasteiger partial charge on any atom is 0.331 e. The Kier molecular flexibility index (Phi) is 6.77. The first-order valence-corrected chi connectivity index (χ1v) is 9.07. The second kappa shape index (κ2) is 8.82. The fourth-order valence-corrected chi connectivity index (χ4v) is 3.46. The van der Waals surface area contributed by atoms with Crippen LogP contribution in [-0.4, -0.2) is 24.0 Å². The molecule has 0 atom stereocenters. The van der Waals surface area contributed by atoms with Gasteiger partial charge in [0.05, 0.1) is 6.07 Å². The molecular formula is C19H21BrN2O3. The van der Waals surface area contributed by atoms with Gasteiger partial charge in [0.15, 0.2) is 6.61 Å². The smallest absolute Gasteiger partial charge is 0.331 e. The number of nitrogens with zero attached hydrogens (tertiary/aromatic N) is 1. The summed E-state index contributed by atoms with van der Waals surface area (Å²) in [6.45, 7) is 1.59. The highest BCUT2D eigenvalue weighted by Crippen LogP contribution is 2.27. The van der Waals surface area contributed by atoms with Gasteiger partial charge in [-0.05, 0) is 43.0 Å². The normalized spacial score (nSPS) is 16.2. The van der Waals surface area contributed by atoms with Crippen LogP contribution >= 0.6 is 15.9 Å². The van der Waals surface area contributed by atoms with E-state index in [9.17, 15) is 14.9 Å². The van der Waals surface area contributed by atoms with E-state index in [0.29, 0.717) is 12.8 Å². The van der Waals surface area contributed by atoms with Crippen molar-refractivity contribution >= 4 is 33.9 Å². The molecule has 5 nitrogen and oxygen atoms in total. The lowest BCUT2D eigenvalue weighted by Gasteiger charge is -2.31. The van der Waals surface area contributed by atoms with Gasteiger partial charge in [-0.1, -0.05) is 47.3 Å². The van der Waals surface area contributed by atoms with Crippen molar-refractivity contribution < 1.29 is 14.3 Å². The molecule has 0 heterocycles. The van der Waals surface area contributed by atoms with E-state index >= 15 is 0 Å². The monoisotopic (exact) mass is 404 g/mol. The molecule has 1 fully saturated rings. The van der Waals surface area contributed by atoms with Crippen LogP contribution in [0.25, 0.3) is 6.08 Å². The van der Waals surface area contributed by atoms with Gasteiger partial charge in [-0.25, -0.2) is 4.79 Å². The molecule has 25 heavy (non-hydrogen) atoms. The van der Waals surface area contributed by atoms with Gasteiger partial charge in [-0.3, -0.25) is 4.79 Å². The Morgan fingerprint density at radius 2 is 2.08 bits per heavy atom. The number of carbonyl (C=O) groups excluding carboxylic acids is 2. The third-order valence-corrected chi connectivity index (χ3v) is 4.89. The third kappa shape index (κ3) is 5.71. The largest absolute Gasteiger partial charge is 0.452 e. The van der Waals surface area contributed by atoms with E-state index in [2.05, 4.69) is 27.3 Å². The van der Waals surface area contributed by atoms with Gasteiger partial charge < -0.3 is 10.1 Å². The van der Waals surface area contributed by atoms with E-state index in [0.717, 1.165) is 34.9 Å². The minimum atomic E-state index is -0.815. The van der Waals surface area contributed by atoms with Crippen molar-refractivity contribution in [2.75, 3.05) is 6.61 Å². The molecule has 0 saturated heterocycles. The molecule has 0 aliphatic heterocycles. The zero-order valence-corrected chi connectivity index (χ0v) is 15.8. The van der Waals surface area contributed by atoms with Gasteiger partial charge in [-0.2, -0.15) is 5.26 Å². The summed E-state index contributed by atoms with van der Waals surface area (Å²) in [5, 5.41) is 12.1. The van der Waals surface area contributed by atoms with Crippen LogP contribution in [-0.2, 0) is 14.3 Å². The number of nitriles is 1. The van der Waals surface area contributed by atoms with Gasteiger partial charge in [0, 0.05) is 10.5 Å². The van der Waals surface area contributed by atoms with Gasteiger partial charge in [0.2, 0.25) is 0 Å². The standard InChI is InChI=1S/C19H21BrN2O3/c1-14-5-6-15(16(20)11-14)7-8-18(24)25-12-17(23)22-19(13-21)9-3-2-4-10-19/h5-8,11H,2-4,9-10,12H2,1H3,(H,22,23)/b8-7+. The van der Waals surface area contributed by atoms with E-state index in [-0.39, 0.29) is 6.61 Å². The molecule has 132 valence electrons. The first kappa shape index (κ1) is 19.2. The van der Waals surface area contributed by atoms with Crippen LogP contribution < -0.4 is 5.32 Å². The molecule has 1 aliphatic rings. The lowest BCUT2D eigenvalue weighted by atomic mass is 9.83. The van der Waals surface area contributed by atoms with E-state index in [4.69, 9.17) is 4.74 Å². The number of halogens is 1. The van der Waals surface area contributed by atoms with Crippen LogP contribution in [0.5, 0.6) is 0 Å². The molecule has 0 unspecified atom stereocenters. The number of ether oxygens (including phenoxy) is 1. The predicted octanol–water partition coefficient (Wildman–Crippen LogP) is 3.66. The van der Waals surface area contributed by atoms with Crippen LogP contribution in [0.3, 0.4) is 0 Å². The fraction of sp³-hybridized carbons (Fsp3) is 0.421. The van der Waals surface area contributed by atoms with Crippen LogP contribution in [0.2, 0.25) is 0 Å². The van der Waals surface area contributed by atoms with E-state index in [1.54, 1.807) is 6.08 Å². The summed E-state index contributed by atoms with van der Waals surface area (Å²) >= 11 is 3.43. The van der Waals surface area contributed by atoms with Gasteiger partial charge in [0.1, 0.15) is 5.54 Å². The Hall–Kier alpha value is -2.13. The number of carbonyl (C=O) groups is 2. The second-order valence-corrected chi connectivity index (χ2v) is 7.12. The van der Waals surface area contributed by atoms with Gasteiger partial charge in [-0.15, -0.1) is 0 Å². The number of benzene rings is 1. The van der Waals surface area contributed by atoms with Gasteiger partial charge >= 0.3 is 5.97 Å². The average molecular weight is 405 g/mol. The Labute approximate surface area is 156 Å². The first-order valence-electron chi connectivity index (χ1n) is 8.27. The summed E-state index contributed by atoms with van der Waals surface area (Å²) in [5.41, 5.74) is 1.14. The Balaban J connectivity index is 1.84. The summed E-state index contributed by atoms with van der Waals surface area (Å²) < 4.78 is 5.84. The van der Waals surface area contributed by atoms with Crippen molar-refractivity contribution in [2.24, 2.45) is 0 Å². The molecule has 1 N–H and O–H groups in total. The lowest BCUT2D eigenvalue weighted by molar-refractivity contribution is -0.144. The molecule has 0 spiro atoms. The summed E-state index contributed by atoms with van der Waals surface area (Å²) in [7, 11) is 0. The molecule has 0 aromatic heterocycles. The molecule has 0 bridgehead atoms. The fourth-order valence-electron chi connectivity index (χ4n) is 2.83. The number of nitrogens with one attached hydrogen (secondary N) is 1. The van der Waals surface area contributed by atoms with Crippen LogP contribution in [0, 0.1) is 18.3 Å². The Morgan fingerprint density at radius 1 is 1.36 bits per heavy atom. The van der Waals surface area contributed by atoms with Crippen LogP contribution in [0.15, 0.2) is 28.7 Å². The third-order valence-electron chi connectivity index (χ3n) is 4.20. The van der Waals surface area contributed by atoms with E-state index in [1.807, 2.05) is 25.1 Å². The number of rotatable bonds is 5.